The van der Waals surface area contributed by atoms with E-state index in [9.17, 15) is 14.4 Å². The Balaban J connectivity index is 1.54. The van der Waals surface area contributed by atoms with Gasteiger partial charge in [0.1, 0.15) is 10.6 Å². The fourth-order valence-electron chi connectivity index (χ4n) is 3.43. The van der Waals surface area contributed by atoms with E-state index < -0.39 is 11.2 Å². The van der Waals surface area contributed by atoms with Gasteiger partial charge in [0, 0.05) is 33.2 Å². The molecule has 29 heavy (non-hydrogen) atoms. The van der Waals surface area contributed by atoms with E-state index in [2.05, 4.69) is 14.3 Å². The maximum atomic E-state index is 13.0. The molecule has 0 radical (unpaired) electrons. The Labute approximate surface area is 170 Å². The first-order chi connectivity index (χ1) is 14.0. The first kappa shape index (κ1) is 19.2. The van der Waals surface area contributed by atoms with Crippen LogP contribution >= 0.6 is 11.5 Å². The second-order valence-corrected chi connectivity index (χ2v) is 7.48. The predicted octanol–water partition coefficient (Wildman–Crippen LogP) is 1.04. The summed E-state index contributed by atoms with van der Waals surface area (Å²) in [4.78, 5) is 43.9. The average Bonchev–Trinajstić information content (AvgIpc) is 3.16. The molecular weight excluding hydrogens is 394 g/mol. The Hall–Kier alpha value is -3.14. The van der Waals surface area contributed by atoms with Gasteiger partial charge in [-0.25, -0.2) is 4.79 Å². The smallest absolute Gasteiger partial charge is 0.328 e. The number of hydrogen-bond donors (Lipinski definition) is 1. The van der Waals surface area contributed by atoms with Gasteiger partial charge in [0.25, 0.3) is 11.5 Å². The third-order valence-corrected chi connectivity index (χ3v) is 5.84. The number of carbonyl (C=O) groups excluding carboxylic acids is 1. The summed E-state index contributed by atoms with van der Waals surface area (Å²) in [5.74, 6) is 0.607. The van der Waals surface area contributed by atoms with Crippen LogP contribution in [0.1, 0.15) is 16.6 Å². The van der Waals surface area contributed by atoms with Crippen LogP contribution in [0.25, 0.3) is 11.0 Å². The highest BCUT2D eigenvalue weighted by Crippen LogP contribution is 2.29. The fourth-order valence-corrected chi connectivity index (χ4v) is 4.23. The minimum atomic E-state index is -0.561. The lowest BCUT2D eigenvalue weighted by Crippen LogP contribution is -2.48. The molecule has 3 aromatic rings. The highest BCUT2D eigenvalue weighted by atomic mass is 32.1. The van der Waals surface area contributed by atoms with Crippen molar-refractivity contribution in [3.8, 4) is 5.75 Å². The molecule has 1 aliphatic rings. The van der Waals surface area contributed by atoms with Crippen molar-refractivity contribution in [1.82, 2.24) is 18.8 Å². The molecule has 0 aliphatic carbocycles. The van der Waals surface area contributed by atoms with Crippen molar-refractivity contribution >= 4 is 34.2 Å². The number of piperazine rings is 1. The zero-order valence-corrected chi connectivity index (χ0v) is 17.0. The molecule has 3 heterocycles. The molecule has 4 rings (SSSR count). The van der Waals surface area contributed by atoms with Crippen molar-refractivity contribution in [2.75, 3.05) is 37.7 Å². The lowest BCUT2D eigenvalue weighted by atomic mass is 10.2. The first-order valence-corrected chi connectivity index (χ1v) is 10.1. The molecule has 2 aromatic heterocycles. The third-order valence-electron chi connectivity index (χ3n) is 5.00. The SMILES string of the molecule is CCOc1ccccc1N1CCN(C(=O)c2snc3c(=O)n(C)c(=O)[nH]c23)CC1. The van der Waals surface area contributed by atoms with E-state index in [0.717, 1.165) is 27.5 Å². The Bertz CT molecular complexity index is 1170. The summed E-state index contributed by atoms with van der Waals surface area (Å²) in [6.45, 7) is 4.90. The number of carbonyl (C=O) groups is 1. The van der Waals surface area contributed by atoms with Gasteiger partial charge in [-0.3, -0.25) is 14.2 Å². The summed E-state index contributed by atoms with van der Waals surface area (Å²) in [6.07, 6.45) is 0. The lowest BCUT2D eigenvalue weighted by molar-refractivity contribution is 0.0753. The first-order valence-electron chi connectivity index (χ1n) is 9.36. The van der Waals surface area contributed by atoms with Gasteiger partial charge < -0.3 is 19.5 Å². The van der Waals surface area contributed by atoms with Gasteiger partial charge in [-0.2, -0.15) is 4.37 Å². The summed E-state index contributed by atoms with van der Waals surface area (Å²) < 4.78 is 10.8. The molecular formula is C19H21N5O4S. The normalized spacial score (nSPS) is 14.4. The summed E-state index contributed by atoms with van der Waals surface area (Å²) >= 11 is 0.944. The molecule has 1 saturated heterocycles. The lowest BCUT2D eigenvalue weighted by Gasteiger charge is -2.36. The molecule has 1 amide bonds. The minimum absolute atomic E-state index is 0.115. The molecule has 1 aliphatic heterocycles. The molecule has 0 saturated carbocycles. The molecule has 9 nitrogen and oxygen atoms in total. The van der Waals surface area contributed by atoms with Crippen molar-refractivity contribution in [2.45, 2.75) is 6.92 Å². The summed E-state index contributed by atoms with van der Waals surface area (Å²) in [6, 6.07) is 7.86. The molecule has 1 N–H and O–H groups in total. The van der Waals surface area contributed by atoms with Crippen LogP contribution in [0.3, 0.4) is 0 Å². The van der Waals surface area contributed by atoms with Gasteiger partial charge in [0.15, 0.2) is 5.52 Å². The minimum Gasteiger partial charge on any atom is -0.492 e. The maximum absolute atomic E-state index is 13.0. The van der Waals surface area contributed by atoms with Gasteiger partial charge in [0.05, 0.1) is 17.8 Å². The van der Waals surface area contributed by atoms with Crippen molar-refractivity contribution in [2.24, 2.45) is 7.05 Å². The van der Waals surface area contributed by atoms with E-state index in [-0.39, 0.29) is 21.8 Å². The second-order valence-electron chi connectivity index (χ2n) is 6.71. The molecule has 1 aromatic carbocycles. The van der Waals surface area contributed by atoms with Crippen molar-refractivity contribution < 1.29 is 9.53 Å². The van der Waals surface area contributed by atoms with Gasteiger partial charge in [-0.05, 0) is 30.6 Å². The molecule has 1 fully saturated rings. The average molecular weight is 415 g/mol. The zero-order chi connectivity index (χ0) is 20.5. The van der Waals surface area contributed by atoms with E-state index in [4.69, 9.17) is 4.74 Å². The Morgan fingerprint density at radius 3 is 2.66 bits per heavy atom. The Morgan fingerprint density at radius 2 is 1.93 bits per heavy atom. The number of amides is 1. The number of aromatic nitrogens is 3. The number of anilines is 1. The van der Waals surface area contributed by atoms with Crippen molar-refractivity contribution in [1.29, 1.82) is 0 Å². The van der Waals surface area contributed by atoms with E-state index >= 15 is 0 Å². The van der Waals surface area contributed by atoms with Crippen LogP contribution in [0.15, 0.2) is 33.9 Å². The Morgan fingerprint density at radius 1 is 1.21 bits per heavy atom. The quantitative estimate of drug-likeness (QED) is 0.684. The number of aromatic amines is 1. The molecule has 10 heteroatoms. The van der Waals surface area contributed by atoms with Crippen LogP contribution in [-0.4, -0.2) is 57.5 Å². The van der Waals surface area contributed by atoms with E-state index in [1.54, 1.807) is 4.90 Å². The number of hydrogen-bond acceptors (Lipinski definition) is 7. The van der Waals surface area contributed by atoms with E-state index in [1.165, 1.54) is 7.05 Å². The number of H-pyrrole nitrogens is 1. The number of benzene rings is 1. The Kier molecular flexibility index (Phi) is 5.10. The van der Waals surface area contributed by atoms with Crippen LogP contribution < -0.4 is 20.9 Å². The van der Waals surface area contributed by atoms with Crippen LogP contribution in [0.4, 0.5) is 5.69 Å². The number of para-hydroxylation sites is 2. The zero-order valence-electron chi connectivity index (χ0n) is 16.2. The highest BCUT2D eigenvalue weighted by molar-refractivity contribution is 7.09. The molecule has 0 atom stereocenters. The van der Waals surface area contributed by atoms with Crippen LogP contribution in [0.2, 0.25) is 0 Å². The molecule has 0 spiro atoms. The molecule has 0 unspecified atom stereocenters. The topological polar surface area (TPSA) is 101 Å². The van der Waals surface area contributed by atoms with Gasteiger partial charge in [-0.1, -0.05) is 12.1 Å². The van der Waals surface area contributed by atoms with Crippen molar-refractivity contribution in [3.05, 3.63) is 50.0 Å². The number of ether oxygens (including phenoxy) is 1. The molecule has 0 bridgehead atoms. The van der Waals surface area contributed by atoms with Crippen LogP contribution in [0, 0.1) is 0 Å². The highest BCUT2D eigenvalue weighted by Gasteiger charge is 2.27. The van der Waals surface area contributed by atoms with Crippen LogP contribution in [-0.2, 0) is 7.05 Å². The van der Waals surface area contributed by atoms with Gasteiger partial charge >= 0.3 is 5.69 Å². The maximum Gasteiger partial charge on any atom is 0.328 e. The monoisotopic (exact) mass is 415 g/mol. The number of nitrogens with zero attached hydrogens (tertiary/aromatic N) is 4. The van der Waals surface area contributed by atoms with E-state index in [0.29, 0.717) is 32.8 Å². The summed E-state index contributed by atoms with van der Waals surface area (Å²) in [7, 11) is 1.38. The summed E-state index contributed by atoms with van der Waals surface area (Å²) in [5.41, 5.74) is 0.282. The number of rotatable bonds is 4. The summed E-state index contributed by atoms with van der Waals surface area (Å²) in [5, 5.41) is 0. The number of fused-ring (bicyclic) bond motifs is 1. The van der Waals surface area contributed by atoms with Gasteiger partial charge in [0.2, 0.25) is 0 Å². The largest absolute Gasteiger partial charge is 0.492 e. The van der Waals surface area contributed by atoms with Crippen molar-refractivity contribution in [3.63, 3.8) is 0 Å². The molecule has 152 valence electrons. The number of nitrogens with one attached hydrogen (secondary N) is 1. The predicted molar refractivity (Wildman–Crippen MR) is 111 cm³/mol. The fraction of sp³-hybridized carbons (Fsp3) is 0.368. The standard InChI is InChI=1S/C19H21N5O4S/c1-3-28-13-7-5-4-6-12(13)23-8-10-24(11-9-23)18(26)16-14-15(21-29-16)17(25)22(2)19(27)20-14/h4-7H,3,8-11H2,1-2H3,(H,20,27). The van der Waals surface area contributed by atoms with Gasteiger partial charge in [-0.15, -0.1) is 0 Å². The second kappa shape index (κ2) is 7.70. The van der Waals surface area contributed by atoms with E-state index in [1.807, 2.05) is 31.2 Å². The third kappa shape index (κ3) is 3.39. The van der Waals surface area contributed by atoms with Crippen LogP contribution in [0.5, 0.6) is 5.75 Å².